The number of carbonyl (C=O) groups is 2. The number of amides is 1. The number of likely N-dealkylation sites (tertiary alicyclic amines) is 1. The molecule has 34 heavy (non-hydrogen) atoms. The summed E-state index contributed by atoms with van der Waals surface area (Å²) < 4.78 is 12.7. The minimum Gasteiger partial charge on any atom is -0.507 e. The van der Waals surface area contributed by atoms with Crippen LogP contribution >= 0.6 is 0 Å². The van der Waals surface area contributed by atoms with Crippen LogP contribution in [0, 0.1) is 6.92 Å². The van der Waals surface area contributed by atoms with Gasteiger partial charge < -0.3 is 23.7 Å². The van der Waals surface area contributed by atoms with Gasteiger partial charge in [-0.25, -0.2) is 0 Å². The van der Waals surface area contributed by atoms with E-state index >= 15 is 0 Å². The molecule has 0 saturated carbocycles. The van der Waals surface area contributed by atoms with Gasteiger partial charge >= 0.3 is 0 Å². The van der Waals surface area contributed by atoms with Gasteiger partial charge in [0.15, 0.2) is 0 Å². The molecular formula is C27H24N2O5. The Morgan fingerprint density at radius 1 is 1.12 bits per heavy atom. The first-order valence-corrected chi connectivity index (χ1v) is 10.9. The highest BCUT2D eigenvalue weighted by Crippen LogP contribution is 2.43. The SMILES string of the molecule is COc1ccc(/C(O)=C2\C(=O)C(=O)N(Cc3ccco3)C2c2cn(C)c3ccccc23)cc1C. The first-order valence-electron chi connectivity index (χ1n) is 10.9. The van der Waals surface area contributed by atoms with E-state index in [0.29, 0.717) is 17.1 Å². The monoisotopic (exact) mass is 456 g/mol. The molecule has 4 aromatic rings. The van der Waals surface area contributed by atoms with Crippen molar-refractivity contribution in [3.63, 3.8) is 0 Å². The van der Waals surface area contributed by atoms with Gasteiger partial charge in [-0.2, -0.15) is 0 Å². The van der Waals surface area contributed by atoms with Crippen molar-refractivity contribution in [3.05, 3.63) is 95.1 Å². The van der Waals surface area contributed by atoms with Crippen molar-refractivity contribution in [2.24, 2.45) is 7.05 Å². The molecule has 0 spiro atoms. The van der Waals surface area contributed by atoms with Gasteiger partial charge in [0, 0.05) is 35.3 Å². The number of hydrogen-bond donors (Lipinski definition) is 1. The number of nitrogens with zero attached hydrogens (tertiary/aromatic N) is 2. The van der Waals surface area contributed by atoms with Crippen LogP contribution in [0.4, 0.5) is 0 Å². The van der Waals surface area contributed by atoms with Gasteiger partial charge in [-0.1, -0.05) is 18.2 Å². The van der Waals surface area contributed by atoms with Crippen LogP contribution in [0.25, 0.3) is 16.7 Å². The molecule has 1 atom stereocenters. The van der Waals surface area contributed by atoms with Crippen LogP contribution in [0.15, 0.2) is 77.0 Å². The quantitative estimate of drug-likeness (QED) is 0.267. The molecular weight excluding hydrogens is 432 g/mol. The average Bonchev–Trinajstić information content (AvgIpc) is 3.53. The molecule has 0 radical (unpaired) electrons. The van der Waals surface area contributed by atoms with E-state index in [9.17, 15) is 14.7 Å². The van der Waals surface area contributed by atoms with Gasteiger partial charge in [-0.05, 0) is 48.9 Å². The summed E-state index contributed by atoms with van der Waals surface area (Å²) in [6.07, 6.45) is 3.43. The number of aliphatic hydroxyl groups excluding tert-OH is 1. The summed E-state index contributed by atoms with van der Waals surface area (Å²) in [6, 6.07) is 15.7. The zero-order valence-electron chi connectivity index (χ0n) is 19.1. The van der Waals surface area contributed by atoms with Gasteiger partial charge in [0.2, 0.25) is 0 Å². The molecule has 1 fully saturated rings. The van der Waals surface area contributed by atoms with Crippen molar-refractivity contribution < 1.29 is 23.8 Å². The lowest BCUT2D eigenvalue weighted by Gasteiger charge is -2.24. The zero-order chi connectivity index (χ0) is 24.0. The minimum atomic E-state index is -0.779. The normalized spacial score (nSPS) is 17.6. The first kappa shape index (κ1) is 21.6. The number of rotatable bonds is 5. The van der Waals surface area contributed by atoms with Crippen molar-refractivity contribution in [2.75, 3.05) is 7.11 Å². The Morgan fingerprint density at radius 2 is 1.91 bits per heavy atom. The summed E-state index contributed by atoms with van der Waals surface area (Å²) >= 11 is 0. The van der Waals surface area contributed by atoms with Crippen molar-refractivity contribution in [1.82, 2.24) is 9.47 Å². The summed E-state index contributed by atoms with van der Waals surface area (Å²) in [5.41, 5.74) is 3.02. The topological polar surface area (TPSA) is 84.9 Å². The number of furan rings is 1. The number of para-hydroxylation sites is 1. The third-order valence-electron chi connectivity index (χ3n) is 6.34. The number of aliphatic hydroxyl groups is 1. The summed E-state index contributed by atoms with van der Waals surface area (Å²) in [5.74, 6) is -0.409. The Morgan fingerprint density at radius 3 is 2.62 bits per heavy atom. The van der Waals surface area contributed by atoms with Crippen LogP contribution in [0.3, 0.4) is 0 Å². The van der Waals surface area contributed by atoms with Gasteiger partial charge in [0.1, 0.15) is 17.3 Å². The lowest BCUT2D eigenvalue weighted by atomic mass is 9.94. The second-order valence-corrected chi connectivity index (χ2v) is 8.40. The predicted molar refractivity (Wildman–Crippen MR) is 127 cm³/mol. The highest BCUT2D eigenvalue weighted by Gasteiger charge is 2.47. The Kier molecular flexibility index (Phi) is 5.24. The number of ketones is 1. The third-order valence-corrected chi connectivity index (χ3v) is 6.34. The van der Waals surface area contributed by atoms with Crippen molar-refractivity contribution in [1.29, 1.82) is 0 Å². The number of methoxy groups -OCH3 is 1. The van der Waals surface area contributed by atoms with Crippen molar-refractivity contribution >= 4 is 28.4 Å². The van der Waals surface area contributed by atoms with E-state index in [1.165, 1.54) is 11.2 Å². The van der Waals surface area contributed by atoms with Crippen LogP contribution in [0.2, 0.25) is 0 Å². The fourth-order valence-corrected chi connectivity index (χ4v) is 4.71. The molecule has 1 amide bonds. The van der Waals surface area contributed by atoms with Gasteiger partial charge in [-0.15, -0.1) is 0 Å². The van der Waals surface area contributed by atoms with Crippen LogP contribution in [0.1, 0.15) is 28.5 Å². The number of benzene rings is 2. The number of Topliss-reactive ketones (excluding diaryl/α,β-unsaturated/α-hetero) is 1. The maximum atomic E-state index is 13.3. The molecule has 172 valence electrons. The van der Waals surface area contributed by atoms with Crippen LogP contribution in [-0.4, -0.2) is 33.4 Å². The summed E-state index contributed by atoms with van der Waals surface area (Å²) in [4.78, 5) is 28.0. The van der Waals surface area contributed by atoms with Crippen LogP contribution < -0.4 is 4.74 Å². The molecule has 7 heteroatoms. The average molecular weight is 456 g/mol. The van der Waals surface area contributed by atoms with Crippen molar-refractivity contribution in [3.8, 4) is 5.75 Å². The Balaban J connectivity index is 1.73. The maximum absolute atomic E-state index is 13.3. The van der Waals surface area contributed by atoms with E-state index in [1.807, 2.05) is 49.0 Å². The molecule has 3 heterocycles. The lowest BCUT2D eigenvalue weighted by Crippen LogP contribution is -2.29. The second-order valence-electron chi connectivity index (χ2n) is 8.40. The molecule has 5 rings (SSSR count). The fraction of sp³-hybridized carbons (Fsp3) is 0.185. The molecule has 0 aliphatic carbocycles. The number of hydrogen-bond acceptors (Lipinski definition) is 5. The summed E-state index contributed by atoms with van der Waals surface area (Å²) in [6.45, 7) is 1.96. The van der Waals surface area contributed by atoms with E-state index < -0.39 is 17.7 Å². The molecule has 1 unspecified atom stereocenters. The summed E-state index contributed by atoms with van der Waals surface area (Å²) in [7, 11) is 3.49. The molecule has 1 saturated heterocycles. The number of aryl methyl sites for hydroxylation is 2. The highest BCUT2D eigenvalue weighted by atomic mass is 16.5. The maximum Gasteiger partial charge on any atom is 0.296 e. The van der Waals surface area contributed by atoms with E-state index in [-0.39, 0.29) is 17.9 Å². The number of fused-ring (bicyclic) bond motifs is 1. The minimum absolute atomic E-state index is 0.0532. The van der Waals surface area contributed by atoms with Gasteiger partial charge in [0.25, 0.3) is 11.7 Å². The van der Waals surface area contributed by atoms with Crippen LogP contribution in [0.5, 0.6) is 5.75 Å². The predicted octanol–water partition coefficient (Wildman–Crippen LogP) is 4.71. The van der Waals surface area contributed by atoms with Gasteiger partial charge in [0.05, 0.1) is 31.5 Å². The third kappa shape index (κ3) is 3.37. The molecule has 1 aliphatic rings. The summed E-state index contributed by atoms with van der Waals surface area (Å²) in [5, 5.41) is 12.3. The largest absolute Gasteiger partial charge is 0.507 e. The van der Waals surface area contributed by atoms with E-state index in [4.69, 9.17) is 9.15 Å². The van der Waals surface area contributed by atoms with Gasteiger partial charge in [-0.3, -0.25) is 9.59 Å². The Labute approximate surface area is 196 Å². The second kappa shape index (κ2) is 8.26. The molecule has 1 aliphatic heterocycles. The van der Waals surface area contributed by atoms with E-state index in [2.05, 4.69) is 0 Å². The molecule has 2 aromatic carbocycles. The smallest absolute Gasteiger partial charge is 0.296 e. The van der Waals surface area contributed by atoms with Crippen LogP contribution in [-0.2, 0) is 23.2 Å². The highest BCUT2D eigenvalue weighted by molar-refractivity contribution is 6.46. The number of ether oxygens (including phenoxy) is 1. The number of aromatic nitrogens is 1. The molecule has 0 bridgehead atoms. The molecule has 1 N–H and O–H groups in total. The zero-order valence-corrected chi connectivity index (χ0v) is 19.1. The molecule has 7 nitrogen and oxygen atoms in total. The Hall–Kier alpha value is -4.26. The number of carbonyl (C=O) groups excluding carboxylic acids is 2. The first-order chi connectivity index (χ1) is 16.4. The lowest BCUT2D eigenvalue weighted by molar-refractivity contribution is -0.140. The van der Waals surface area contributed by atoms with E-state index in [1.54, 1.807) is 37.4 Å². The molecule has 2 aromatic heterocycles. The standard InChI is InChI=1S/C27H24N2O5/c1-16-13-17(10-11-22(16)33-3)25(30)23-24(20-15-28(2)21-9-5-4-8-19(20)21)29(27(32)26(23)31)14-18-7-6-12-34-18/h4-13,15,24,30H,14H2,1-3H3/b25-23+. The fourth-order valence-electron chi connectivity index (χ4n) is 4.71. The Bertz CT molecular complexity index is 1450. The van der Waals surface area contributed by atoms with E-state index in [0.717, 1.165) is 22.0 Å². The van der Waals surface area contributed by atoms with Crippen molar-refractivity contribution in [2.45, 2.75) is 19.5 Å².